The third-order valence-electron chi connectivity index (χ3n) is 5.74. The lowest BCUT2D eigenvalue weighted by molar-refractivity contribution is 0.193. The number of hydrogen-bond donors (Lipinski definition) is 2. The number of hydrogen-bond acceptors (Lipinski definition) is 4. The van der Waals surface area contributed by atoms with E-state index >= 15 is 0 Å². The molecule has 184 valence electrons. The Morgan fingerprint density at radius 3 is 1.13 bits per heavy atom. The number of aliphatic imine (C=N–C) groups is 1. The summed E-state index contributed by atoms with van der Waals surface area (Å²) in [6.45, 7) is 0.805. The van der Waals surface area contributed by atoms with Crippen LogP contribution in [0.15, 0.2) is 4.99 Å². The van der Waals surface area contributed by atoms with Gasteiger partial charge in [-0.3, -0.25) is 4.52 Å². The minimum Gasteiger partial charge on any atom is -0.303 e. The van der Waals surface area contributed by atoms with Crippen LogP contribution in [0.1, 0.15) is 135 Å². The van der Waals surface area contributed by atoms with Crippen molar-refractivity contribution in [2.45, 2.75) is 135 Å². The molecule has 0 aliphatic rings. The van der Waals surface area contributed by atoms with E-state index in [0.29, 0.717) is 6.54 Å². The van der Waals surface area contributed by atoms with Crippen molar-refractivity contribution < 1.29 is 23.7 Å². The first-order valence-electron chi connectivity index (χ1n) is 12.8. The summed E-state index contributed by atoms with van der Waals surface area (Å²) in [6, 6.07) is 0. The second kappa shape index (κ2) is 24.1. The summed E-state index contributed by atoms with van der Waals surface area (Å²) in [5.41, 5.74) is 0. The quantitative estimate of drug-likeness (QED) is 0.0630. The van der Waals surface area contributed by atoms with E-state index in [1.807, 2.05) is 0 Å². The molecular weight excluding hydrogens is 413 g/mol. The van der Waals surface area contributed by atoms with Crippen LogP contribution in [0, 0.1) is 0 Å². The number of phosphoric ester groups is 1. The molecule has 0 amide bonds. The third kappa shape index (κ3) is 29.5. The van der Waals surface area contributed by atoms with Gasteiger partial charge in [0.25, 0.3) is 0 Å². The highest BCUT2D eigenvalue weighted by Gasteiger charge is 2.12. The van der Waals surface area contributed by atoms with Crippen LogP contribution < -0.4 is 0 Å². The molecule has 0 aromatic carbocycles. The van der Waals surface area contributed by atoms with Crippen LogP contribution in [0.5, 0.6) is 0 Å². The molecule has 0 atom stereocenters. The number of rotatable bonds is 25. The lowest BCUT2D eigenvalue weighted by atomic mass is 10.0. The Hall–Kier alpha value is -0.510. The van der Waals surface area contributed by atoms with Gasteiger partial charge in [0, 0.05) is 0 Å². The Labute approximate surface area is 190 Å². The summed E-state index contributed by atoms with van der Waals surface area (Å²) in [4.78, 5) is 30.7. The minimum atomic E-state index is -4.27. The maximum absolute atomic E-state index is 10.5. The zero-order chi connectivity index (χ0) is 22.9. The zero-order valence-corrected chi connectivity index (χ0v) is 20.7. The lowest BCUT2D eigenvalue weighted by Crippen LogP contribution is -1.92. The highest BCUT2D eigenvalue weighted by atomic mass is 31.2. The molecule has 7 heteroatoms. The van der Waals surface area contributed by atoms with Gasteiger partial charge in [-0.05, 0) is 12.8 Å². The van der Waals surface area contributed by atoms with E-state index in [-0.39, 0.29) is 6.61 Å². The zero-order valence-electron chi connectivity index (χ0n) is 19.8. The molecular formula is C24H48NO5P. The first-order valence-corrected chi connectivity index (χ1v) is 14.3. The second-order valence-electron chi connectivity index (χ2n) is 8.72. The van der Waals surface area contributed by atoms with Crippen molar-refractivity contribution in [3.8, 4) is 0 Å². The number of unbranched alkanes of at least 4 members (excludes halogenated alkanes) is 20. The van der Waals surface area contributed by atoms with Crippen LogP contribution in [0.25, 0.3) is 0 Å². The fraction of sp³-hybridized carbons (Fsp3) is 0.958. The van der Waals surface area contributed by atoms with Gasteiger partial charge in [0.05, 0.1) is 13.2 Å². The molecule has 0 aromatic heterocycles. The fourth-order valence-corrected chi connectivity index (χ4v) is 4.25. The molecule has 0 radical (unpaired) electrons. The average Bonchev–Trinajstić information content (AvgIpc) is 2.73. The van der Waals surface area contributed by atoms with Crippen LogP contribution in [-0.4, -0.2) is 29.0 Å². The molecule has 0 aromatic rings. The van der Waals surface area contributed by atoms with Crippen LogP contribution in [0.3, 0.4) is 0 Å². The van der Waals surface area contributed by atoms with Gasteiger partial charge in [-0.25, -0.2) is 14.4 Å². The number of phosphoric acid groups is 1. The summed E-state index contributed by atoms with van der Waals surface area (Å²) < 4.78 is 15.0. The van der Waals surface area contributed by atoms with Gasteiger partial charge in [0.15, 0.2) is 0 Å². The molecule has 0 saturated heterocycles. The van der Waals surface area contributed by atoms with Crippen molar-refractivity contribution in [3.63, 3.8) is 0 Å². The average molecular weight is 462 g/mol. The minimum absolute atomic E-state index is 0.159. The maximum atomic E-state index is 10.5. The predicted molar refractivity (Wildman–Crippen MR) is 128 cm³/mol. The topological polar surface area (TPSA) is 96.2 Å². The number of isocyanates is 1. The Morgan fingerprint density at radius 2 is 0.839 bits per heavy atom. The summed E-state index contributed by atoms with van der Waals surface area (Å²) in [5, 5.41) is 0. The highest BCUT2D eigenvalue weighted by molar-refractivity contribution is 7.46. The van der Waals surface area contributed by atoms with Crippen molar-refractivity contribution >= 4 is 13.9 Å². The lowest BCUT2D eigenvalue weighted by Gasteiger charge is -2.05. The molecule has 0 bridgehead atoms. The normalized spacial score (nSPS) is 11.5. The molecule has 0 aliphatic heterocycles. The van der Waals surface area contributed by atoms with Gasteiger partial charge in [-0.15, -0.1) is 0 Å². The first-order chi connectivity index (χ1) is 15.1. The highest BCUT2D eigenvalue weighted by Crippen LogP contribution is 2.35. The molecule has 31 heavy (non-hydrogen) atoms. The maximum Gasteiger partial charge on any atom is 0.469 e. The van der Waals surface area contributed by atoms with E-state index in [1.54, 1.807) is 6.08 Å². The fourth-order valence-electron chi connectivity index (χ4n) is 3.88. The van der Waals surface area contributed by atoms with Crippen molar-refractivity contribution in [1.29, 1.82) is 0 Å². The molecule has 2 N–H and O–H groups in total. The largest absolute Gasteiger partial charge is 0.469 e. The number of nitrogens with zero attached hydrogens (tertiary/aromatic N) is 1. The molecule has 0 aliphatic carbocycles. The van der Waals surface area contributed by atoms with Crippen molar-refractivity contribution in [1.82, 2.24) is 0 Å². The Morgan fingerprint density at radius 1 is 0.548 bits per heavy atom. The molecule has 0 rings (SSSR count). The smallest absolute Gasteiger partial charge is 0.303 e. The van der Waals surface area contributed by atoms with Gasteiger partial charge in [-0.2, -0.15) is 0 Å². The summed E-state index contributed by atoms with van der Waals surface area (Å²) in [6.07, 6.45) is 28.1. The Kier molecular flexibility index (Phi) is 23.7. The summed E-state index contributed by atoms with van der Waals surface area (Å²) in [5.74, 6) is 0. The van der Waals surface area contributed by atoms with Crippen LogP contribution >= 0.6 is 7.82 Å². The van der Waals surface area contributed by atoms with E-state index in [4.69, 9.17) is 9.79 Å². The first kappa shape index (κ1) is 30.5. The SMILES string of the molecule is O=C=NCCCCCCCCCCCCCCCCCCCCCCCOP(=O)(O)O. The van der Waals surface area contributed by atoms with Crippen molar-refractivity contribution in [3.05, 3.63) is 0 Å². The van der Waals surface area contributed by atoms with Crippen molar-refractivity contribution in [2.24, 2.45) is 4.99 Å². The van der Waals surface area contributed by atoms with E-state index in [1.165, 1.54) is 109 Å². The van der Waals surface area contributed by atoms with Crippen LogP contribution in [0.2, 0.25) is 0 Å². The number of carbonyl (C=O) groups excluding carboxylic acids is 1. The van der Waals surface area contributed by atoms with Gasteiger partial charge < -0.3 is 9.79 Å². The van der Waals surface area contributed by atoms with Crippen LogP contribution in [-0.2, 0) is 13.9 Å². The summed E-state index contributed by atoms with van der Waals surface area (Å²) in [7, 11) is -4.27. The van der Waals surface area contributed by atoms with Gasteiger partial charge in [0.1, 0.15) is 0 Å². The Bertz CT molecular complexity index is 463. The van der Waals surface area contributed by atoms with E-state index in [2.05, 4.69) is 9.52 Å². The molecule has 0 spiro atoms. The van der Waals surface area contributed by atoms with Gasteiger partial charge in [0.2, 0.25) is 6.08 Å². The summed E-state index contributed by atoms with van der Waals surface area (Å²) >= 11 is 0. The van der Waals surface area contributed by atoms with Crippen molar-refractivity contribution in [2.75, 3.05) is 13.2 Å². The monoisotopic (exact) mass is 461 g/mol. The second-order valence-corrected chi connectivity index (χ2v) is 9.96. The molecule has 0 heterocycles. The molecule has 0 fully saturated rings. The Balaban J connectivity index is 3.05. The molecule has 6 nitrogen and oxygen atoms in total. The standard InChI is InChI=1S/C24H48NO5P/c26-24-25-22-20-18-16-14-12-10-8-6-4-2-1-3-5-7-9-11-13-15-17-19-21-23-30-31(27,28)29/h1-23H2,(H2,27,28,29). The van der Waals surface area contributed by atoms with E-state index in [9.17, 15) is 9.36 Å². The molecule has 0 saturated carbocycles. The van der Waals surface area contributed by atoms with E-state index in [0.717, 1.165) is 25.7 Å². The van der Waals surface area contributed by atoms with E-state index < -0.39 is 7.82 Å². The van der Waals surface area contributed by atoms with Crippen LogP contribution in [0.4, 0.5) is 0 Å². The van der Waals surface area contributed by atoms with Gasteiger partial charge >= 0.3 is 7.82 Å². The molecule has 0 unspecified atom stereocenters. The van der Waals surface area contributed by atoms with Gasteiger partial charge in [-0.1, -0.05) is 122 Å². The predicted octanol–water partition coefficient (Wildman–Crippen LogP) is 7.62. The third-order valence-corrected chi connectivity index (χ3v) is 6.26.